The molecule has 6 rings (SSSR count). The maximum Gasteiger partial charge on any atom is 0.214 e. The van der Waals surface area contributed by atoms with E-state index in [4.69, 9.17) is 0 Å². The Morgan fingerprint density at radius 1 is 0.375 bits per heavy atom. The van der Waals surface area contributed by atoms with Gasteiger partial charge < -0.3 is 44.6 Å². The smallest absolute Gasteiger partial charge is 0.214 e. The first-order valence-corrected chi connectivity index (χ1v) is 17.2. The second-order valence-corrected chi connectivity index (χ2v) is 12.4. The van der Waals surface area contributed by atoms with E-state index in [9.17, 15) is 0 Å². The van der Waals surface area contributed by atoms with Gasteiger partial charge in [-0.2, -0.15) is 9.13 Å². The van der Waals surface area contributed by atoms with Crippen molar-refractivity contribution in [3.05, 3.63) is 145 Å². The fourth-order valence-corrected chi connectivity index (χ4v) is 6.47. The number of benzene rings is 4. The number of unbranched alkanes of at least 4 members (excludes halogenated alkanes) is 7. The molecule has 2 aromatic heterocycles. The van der Waals surface area contributed by atoms with Crippen molar-refractivity contribution in [2.45, 2.75) is 64.5 Å². The van der Waals surface area contributed by atoms with Gasteiger partial charge in [-0.25, -0.2) is 0 Å². The Balaban J connectivity index is 0.00000260. The van der Waals surface area contributed by atoms with Crippen molar-refractivity contribution in [3.63, 3.8) is 0 Å². The number of fused-ring (bicyclic) bond motifs is 2. The zero-order chi connectivity index (χ0) is 31.2. The average molecular weight is 769 g/mol. The van der Waals surface area contributed by atoms with Crippen LogP contribution in [0.1, 0.15) is 62.5 Å². The van der Waals surface area contributed by atoms with Crippen LogP contribution in [0.4, 0.5) is 11.4 Å². The van der Waals surface area contributed by atoms with Gasteiger partial charge in [0, 0.05) is 48.5 Å². The molecule has 6 heteroatoms. The van der Waals surface area contributed by atoms with Crippen molar-refractivity contribution in [1.29, 1.82) is 0 Å². The number of aromatic nitrogens is 2. The van der Waals surface area contributed by atoms with Gasteiger partial charge in [0.25, 0.3) is 0 Å². The van der Waals surface area contributed by atoms with E-state index in [2.05, 4.69) is 153 Å². The second-order valence-electron chi connectivity index (χ2n) is 12.4. The minimum absolute atomic E-state index is 0. The highest BCUT2D eigenvalue weighted by Gasteiger charge is 2.14. The molecule has 4 aromatic carbocycles. The molecule has 0 aliphatic rings. The molecular formula is C42H48Br2N4. The number of nitrogens with zero attached hydrogens (tertiary/aromatic N) is 2. The van der Waals surface area contributed by atoms with Gasteiger partial charge in [0.2, 0.25) is 11.0 Å². The van der Waals surface area contributed by atoms with Crippen LogP contribution < -0.4 is 53.7 Å². The fraction of sp³-hybridized carbons (Fsp3) is 0.286. The van der Waals surface area contributed by atoms with Crippen LogP contribution in [0.25, 0.3) is 21.8 Å². The Labute approximate surface area is 307 Å². The van der Waals surface area contributed by atoms with Gasteiger partial charge in [-0.15, -0.1) is 0 Å². The van der Waals surface area contributed by atoms with Crippen LogP contribution in [-0.4, -0.2) is 13.1 Å². The van der Waals surface area contributed by atoms with E-state index in [0.29, 0.717) is 0 Å². The minimum Gasteiger partial charge on any atom is -1.00 e. The molecular weight excluding hydrogens is 720 g/mol. The van der Waals surface area contributed by atoms with Crippen LogP contribution in [0.15, 0.2) is 134 Å². The van der Waals surface area contributed by atoms with Crippen LogP contribution in [0.2, 0.25) is 0 Å². The van der Waals surface area contributed by atoms with Crippen LogP contribution >= 0.6 is 0 Å². The lowest BCUT2D eigenvalue weighted by Crippen LogP contribution is -3.00. The average Bonchev–Trinajstić information content (AvgIpc) is 3.11. The maximum absolute atomic E-state index is 3.72. The lowest BCUT2D eigenvalue weighted by Gasteiger charge is -2.10. The van der Waals surface area contributed by atoms with Gasteiger partial charge in [0.05, 0.1) is 22.1 Å². The van der Waals surface area contributed by atoms with E-state index >= 15 is 0 Å². The lowest BCUT2D eigenvalue weighted by molar-refractivity contribution is -0.662. The van der Waals surface area contributed by atoms with Crippen molar-refractivity contribution in [2.75, 3.05) is 23.7 Å². The van der Waals surface area contributed by atoms with Gasteiger partial charge in [0.15, 0.2) is 25.5 Å². The molecule has 0 aliphatic carbocycles. The maximum atomic E-state index is 3.72. The lowest BCUT2D eigenvalue weighted by atomic mass is 10.1. The number of hydrogen-bond donors (Lipinski definition) is 2. The topological polar surface area (TPSA) is 31.8 Å². The van der Waals surface area contributed by atoms with Gasteiger partial charge in [-0.05, 0) is 25.0 Å². The molecule has 4 nitrogen and oxygen atoms in total. The van der Waals surface area contributed by atoms with E-state index in [-0.39, 0.29) is 34.0 Å². The van der Waals surface area contributed by atoms with E-state index in [1.165, 1.54) is 95.7 Å². The highest BCUT2D eigenvalue weighted by molar-refractivity contribution is 5.89. The Bertz CT molecular complexity index is 1680. The quantitative estimate of drug-likeness (QED) is 0.110. The standard InChI is InChI=1S/C42H46N4.2BrH/c1(3-5-17-29-43-39-27-31-45(33-35-19-9-7-10-20-35)41-25-15-13-23-37(39)41)2-4-6-18-30-44-40-28-32-46(34-36-21-11-8-12-22-36)42-26-16-14-24-38(40)42;;/h7-16,19-28,31-32H,1-6,17-18,29-30,33-34H2;2*1H. The third-order valence-electron chi connectivity index (χ3n) is 8.98. The highest BCUT2D eigenvalue weighted by atomic mass is 79.9. The summed E-state index contributed by atoms with van der Waals surface area (Å²) >= 11 is 0. The van der Waals surface area contributed by atoms with Crippen LogP contribution in [0.3, 0.4) is 0 Å². The number of halogens is 2. The summed E-state index contributed by atoms with van der Waals surface area (Å²) in [5.41, 5.74) is 7.67. The molecule has 0 saturated carbocycles. The van der Waals surface area contributed by atoms with Crippen molar-refractivity contribution >= 4 is 33.2 Å². The van der Waals surface area contributed by atoms with Gasteiger partial charge in [-0.1, -0.05) is 123 Å². The molecule has 2 heterocycles. The summed E-state index contributed by atoms with van der Waals surface area (Å²) in [5, 5.41) is 10.0. The molecule has 250 valence electrons. The van der Waals surface area contributed by atoms with E-state index in [1.807, 2.05) is 0 Å². The monoisotopic (exact) mass is 766 g/mol. The summed E-state index contributed by atoms with van der Waals surface area (Å²) < 4.78 is 4.69. The van der Waals surface area contributed by atoms with Crippen molar-refractivity contribution in [2.24, 2.45) is 0 Å². The van der Waals surface area contributed by atoms with Crippen molar-refractivity contribution in [3.8, 4) is 0 Å². The summed E-state index contributed by atoms with van der Waals surface area (Å²) in [6.07, 6.45) is 14.8. The normalized spacial score (nSPS) is 10.8. The Kier molecular flexibility index (Phi) is 15.4. The number of anilines is 2. The molecule has 0 amide bonds. The van der Waals surface area contributed by atoms with Gasteiger partial charge in [0.1, 0.15) is 0 Å². The summed E-state index contributed by atoms with van der Waals surface area (Å²) in [7, 11) is 0. The summed E-state index contributed by atoms with van der Waals surface area (Å²) in [5.74, 6) is 0. The van der Waals surface area contributed by atoms with E-state index in [1.54, 1.807) is 0 Å². The highest BCUT2D eigenvalue weighted by Crippen LogP contribution is 2.22. The Morgan fingerprint density at radius 3 is 1.15 bits per heavy atom. The predicted molar refractivity (Wildman–Crippen MR) is 193 cm³/mol. The number of nitrogens with one attached hydrogen (secondary N) is 2. The first-order chi connectivity index (χ1) is 22.8. The van der Waals surface area contributed by atoms with Crippen molar-refractivity contribution < 1.29 is 43.1 Å². The number of rotatable bonds is 17. The van der Waals surface area contributed by atoms with Crippen LogP contribution in [0, 0.1) is 0 Å². The van der Waals surface area contributed by atoms with E-state index in [0.717, 1.165) is 26.2 Å². The molecule has 0 bridgehead atoms. The summed E-state index contributed by atoms with van der Waals surface area (Å²) in [6, 6.07) is 43.3. The van der Waals surface area contributed by atoms with E-state index < -0.39 is 0 Å². The van der Waals surface area contributed by atoms with Crippen LogP contribution in [0.5, 0.6) is 0 Å². The largest absolute Gasteiger partial charge is 1.00 e. The number of pyridine rings is 2. The third-order valence-corrected chi connectivity index (χ3v) is 8.98. The van der Waals surface area contributed by atoms with Gasteiger partial charge >= 0.3 is 0 Å². The Morgan fingerprint density at radius 2 is 0.729 bits per heavy atom. The number of para-hydroxylation sites is 2. The minimum atomic E-state index is 0. The molecule has 0 aliphatic heterocycles. The molecule has 0 saturated heterocycles. The summed E-state index contributed by atoms with van der Waals surface area (Å²) in [4.78, 5) is 0. The molecule has 2 N–H and O–H groups in total. The Hall–Kier alpha value is -3.74. The molecule has 0 spiro atoms. The first-order valence-electron chi connectivity index (χ1n) is 17.2. The molecule has 0 fully saturated rings. The van der Waals surface area contributed by atoms with Gasteiger partial charge in [-0.3, -0.25) is 0 Å². The first kappa shape index (κ1) is 37.1. The molecule has 0 unspecified atom stereocenters. The SMILES string of the molecule is [Br-].[Br-].c1ccc(C[n+]2ccc(NCCCCCCCCCCNc3cc[n+](Cc4ccccc4)c4ccccc34)c3ccccc32)cc1. The summed E-state index contributed by atoms with van der Waals surface area (Å²) in [6.45, 7) is 3.83. The molecule has 0 radical (unpaired) electrons. The molecule has 48 heavy (non-hydrogen) atoms. The second kappa shape index (κ2) is 19.9. The van der Waals surface area contributed by atoms with Crippen molar-refractivity contribution in [1.82, 2.24) is 0 Å². The molecule has 0 atom stereocenters. The molecule has 6 aromatic rings. The predicted octanol–water partition coefficient (Wildman–Crippen LogP) is 3.32. The third kappa shape index (κ3) is 10.4. The van der Waals surface area contributed by atoms with Crippen LogP contribution in [-0.2, 0) is 13.1 Å². The zero-order valence-electron chi connectivity index (χ0n) is 27.8. The zero-order valence-corrected chi connectivity index (χ0v) is 31.0. The number of hydrogen-bond acceptors (Lipinski definition) is 2. The fourth-order valence-electron chi connectivity index (χ4n) is 6.47.